The van der Waals surface area contributed by atoms with Crippen molar-refractivity contribution in [3.63, 3.8) is 0 Å². The van der Waals surface area contributed by atoms with Gasteiger partial charge in [0.25, 0.3) is 0 Å². The van der Waals surface area contributed by atoms with E-state index in [0.717, 1.165) is 18.6 Å². The molecule has 0 atom stereocenters. The largest absolute Gasteiger partial charge is 0.382 e. The van der Waals surface area contributed by atoms with Crippen LogP contribution in [0.5, 0.6) is 0 Å². The molecule has 2 aromatic heterocycles. The van der Waals surface area contributed by atoms with Gasteiger partial charge in [0.05, 0.1) is 12.4 Å². The molecule has 24 heavy (non-hydrogen) atoms. The number of aromatic nitrogens is 4. The molecule has 0 aliphatic carbocycles. The zero-order valence-electron chi connectivity index (χ0n) is 13.5. The summed E-state index contributed by atoms with van der Waals surface area (Å²) in [7, 11) is 0. The van der Waals surface area contributed by atoms with E-state index in [4.69, 9.17) is 0 Å². The molecule has 2 aromatic rings. The molecule has 1 aliphatic heterocycles. The van der Waals surface area contributed by atoms with E-state index >= 15 is 0 Å². The van der Waals surface area contributed by atoms with Gasteiger partial charge in [-0.25, -0.2) is 19.3 Å². The highest BCUT2D eigenvalue weighted by Gasteiger charge is 2.21. The fourth-order valence-corrected chi connectivity index (χ4v) is 2.18. The summed E-state index contributed by atoms with van der Waals surface area (Å²) >= 11 is 0. The van der Waals surface area contributed by atoms with Crippen LogP contribution in [0.4, 0.5) is 22.0 Å². The summed E-state index contributed by atoms with van der Waals surface area (Å²) in [5.74, 6) is 0.326. The van der Waals surface area contributed by atoms with Crippen LogP contribution < -0.4 is 9.80 Å². The first kappa shape index (κ1) is 17.4. The lowest BCUT2D eigenvalue weighted by Crippen LogP contribution is -2.47. The monoisotopic (exact) mass is 335 g/mol. The van der Waals surface area contributed by atoms with Gasteiger partial charge in [0.2, 0.25) is 5.95 Å². The molecule has 3 heterocycles. The summed E-state index contributed by atoms with van der Waals surface area (Å²) in [5, 5.41) is 10.6. The maximum absolute atomic E-state index is 12.8. The molecule has 1 fully saturated rings. The Hall–Kier alpha value is -2.91. The molecule has 0 spiro atoms. The number of piperazine rings is 1. The Kier molecular flexibility index (Phi) is 5.88. The predicted octanol–water partition coefficient (Wildman–Crippen LogP) is 1.67. The van der Waals surface area contributed by atoms with E-state index in [-0.39, 0.29) is 5.82 Å². The van der Waals surface area contributed by atoms with E-state index in [0.29, 0.717) is 37.9 Å². The molecule has 3 rings (SSSR count). The van der Waals surface area contributed by atoms with Crippen molar-refractivity contribution in [3.8, 4) is 0 Å². The fraction of sp³-hybridized carbons (Fsp3) is 0.429. The summed E-state index contributed by atoms with van der Waals surface area (Å²) in [5.41, 5.74) is 0. The number of rotatable bonds is 3. The Morgan fingerprint density at radius 3 is 2.04 bits per heavy atom. The van der Waals surface area contributed by atoms with Crippen molar-refractivity contribution in [2.75, 3.05) is 36.0 Å². The minimum atomic E-state index is -0.583. The predicted molar refractivity (Wildman–Crippen MR) is 86.5 cm³/mol. The molecular formula is C14H18FN7O2. The van der Waals surface area contributed by atoms with E-state index in [1.54, 1.807) is 0 Å². The molecular weight excluding hydrogens is 317 g/mol. The van der Waals surface area contributed by atoms with Gasteiger partial charge >= 0.3 is 5.82 Å². The second-order valence-electron chi connectivity index (χ2n) is 4.67. The van der Waals surface area contributed by atoms with Crippen molar-refractivity contribution in [1.29, 1.82) is 0 Å². The van der Waals surface area contributed by atoms with Gasteiger partial charge in [-0.2, -0.15) is 0 Å². The molecule has 10 heteroatoms. The van der Waals surface area contributed by atoms with Gasteiger partial charge < -0.3 is 19.9 Å². The van der Waals surface area contributed by atoms with Crippen molar-refractivity contribution in [2.45, 2.75) is 13.8 Å². The lowest BCUT2D eigenvalue weighted by atomic mass is 10.3. The third-order valence-electron chi connectivity index (χ3n) is 3.30. The molecule has 9 nitrogen and oxygen atoms in total. The van der Waals surface area contributed by atoms with Gasteiger partial charge in [-0.1, -0.05) is 13.8 Å². The van der Waals surface area contributed by atoms with Crippen LogP contribution in [-0.4, -0.2) is 51.0 Å². The van der Waals surface area contributed by atoms with E-state index in [2.05, 4.69) is 19.9 Å². The zero-order chi connectivity index (χ0) is 17.5. The number of hydrogen-bond donors (Lipinski definition) is 0. The number of nitrogens with zero attached hydrogens (tertiary/aromatic N) is 7. The highest BCUT2D eigenvalue weighted by atomic mass is 19.1. The highest BCUT2D eigenvalue weighted by molar-refractivity contribution is 5.41. The Morgan fingerprint density at radius 2 is 1.54 bits per heavy atom. The summed E-state index contributed by atoms with van der Waals surface area (Å²) in [6.07, 6.45) is 4.81. The zero-order valence-corrected chi connectivity index (χ0v) is 13.5. The molecule has 0 unspecified atom stereocenters. The van der Waals surface area contributed by atoms with Crippen molar-refractivity contribution < 1.29 is 9.31 Å². The first-order valence-electron chi connectivity index (χ1n) is 7.57. The van der Waals surface area contributed by atoms with E-state index in [9.17, 15) is 14.5 Å². The van der Waals surface area contributed by atoms with Crippen LogP contribution in [0.1, 0.15) is 13.8 Å². The second-order valence-corrected chi connectivity index (χ2v) is 4.67. The van der Waals surface area contributed by atoms with Crippen LogP contribution in [-0.2, 0) is 0 Å². The summed E-state index contributed by atoms with van der Waals surface area (Å²) in [6, 6.07) is 0. The Morgan fingerprint density at radius 1 is 0.958 bits per heavy atom. The maximum atomic E-state index is 12.8. The van der Waals surface area contributed by atoms with E-state index in [1.807, 2.05) is 23.6 Å². The summed E-state index contributed by atoms with van der Waals surface area (Å²) in [4.78, 5) is 29.6. The van der Waals surface area contributed by atoms with Crippen LogP contribution in [0.2, 0.25) is 0 Å². The standard InChI is InChI=1S/C12H12FN7O2.C2H6/c13-9-5-16-12(17-6-9)19-3-1-18(2-4-19)10-7-15-11(8-14-10)20(21)22;1-2/h5-8H,1-4H2;1-2H3. The molecule has 0 saturated carbocycles. The quantitative estimate of drug-likeness (QED) is 0.616. The first-order valence-corrected chi connectivity index (χ1v) is 7.57. The smallest absolute Gasteiger partial charge is 0.358 e. The molecule has 128 valence electrons. The van der Waals surface area contributed by atoms with Gasteiger partial charge in [-0.05, 0) is 9.91 Å². The van der Waals surface area contributed by atoms with Gasteiger partial charge in [0, 0.05) is 26.2 Å². The lowest BCUT2D eigenvalue weighted by molar-refractivity contribution is -0.389. The Labute approximate surface area is 138 Å². The third-order valence-corrected chi connectivity index (χ3v) is 3.30. The van der Waals surface area contributed by atoms with Gasteiger partial charge in [0.1, 0.15) is 6.20 Å². The fourth-order valence-electron chi connectivity index (χ4n) is 2.18. The SMILES string of the molecule is CC.O=[N+]([O-])c1cnc(N2CCN(c3ncc(F)cn3)CC2)cn1. The number of nitro groups is 1. The minimum absolute atomic E-state index is 0.276. The molecule has 0 radical (unpaired) electrons. The van der Waals surface area contributed by atoms with Crippen LogP contribution in [0.25, 0.3) is 0 Å². The highest BCUT2D eigenvalue weighted by Crippen LogP contribution is 2.16. The minimum Gasteiger partial charge on any atom is -0.358 e. The van der Waals surface area contributed by atoms with E-state index in [1.165, 1.54) is 6.20 Å². The van der Waals surface area contributed by atoms with Crippen LogP contribution in [0, 0.1) is 15.9 Å². The van der Waals surface area contributed by atoms with Crippen LogP contribution in [0.3, 0.4) is 0 Å². The normalized spacial score (nSPS) is 14.0. The topological polar surface area (TPSA) is 101 Å². The van der Waals surface area contributed by atoms with Crippen LogP contribution in [0.15, 0.2) is 24.8 Å². The van der Waals surface area contributed by atoms with Gasteiger partial charge in [-0.3, -0.25) is 0 Å². The first-order chi connectivity index (χ1) is 11.6. The summed E-state index contributed by atoms with van der Waals surface area (Å²) < 4.78 is 12.8. The lowest BCUT2D eigenvalue weighted by Gasteiger charge is -2.34. The molecule has 1 saturated heterocycles. The Bertz CT molecular complexity index is 658. The second kappa shape index (κ2) is 8.09. The Balaban J connectivity index is 0.00000100. The molecule has 0 bridgehead atoms. The average molecular weight is 335 g/mol. The van der Waals surface area contributed by atoms with Crippen molar-refractivity contribution in [2.24, 2.45) is 0 Å². The summed E-state index contributed by atoms with van der Waals surface area (Å²) in [6.45, 7) is 6.58. The average Bonchev–Trinajstić information content (AvgIpc) is 2.64. The van der Waals surface area contributed by atoms with Gasteiger partial charge in [0.15, 0.2) is 17.8 Å². The molecule has 0 amide bonds. The van der Waals surface area contributed by atoms with Crippen molar-refractivity contribution >= 4 is 17.6 Å². The molecule has 0 aromatic carbocycles. The molecule has 1 aliphatic rings. The molecule has 0 N–H and O–H groups in total. The number of halogens is 1. The third kappa shape index (κ3) is 4.09. The van der Waals surface area contributed by atoms with Crippen LogP contribution >= 0.6 is 0 Å². The maximum Gasteiger partial charge on any atom is 0.382 e. The number of hydrogen-bond acceptors (Lipinski definition) is 8. The van der Waals surface area contributed by atoms with Crippen molar-refractivity contribution in [1.82, 2.24) is 19.9 Å². The van der Waals surface area contributed by atoms with Crippen molar-refractivity contribution in [3.05, 3.63) is 40.7 Å². The van der Waals surface area contributed by atoms with E-state index < -0.39 is 10.7 Å². The van der Waals surface area contributed by atoms with Gasteiger partial charge in [-0.15, -0.1) is 0 Å². The number of anilines is 2.